The van der Waals surface area contributed by atoms with Gasteiger partial charge in [0.15, 0.2) is 0 Å². The number of carbonyl (C=O) groups is 1. The number of nitrogens with one attached hydrogen (secondary N) is 3. The van der Waals surface area contributed by atoms with Gasteiger partial charge >= 0.3 is 0 Å². The van der Waals surface area contributed by atoms with Gasteiger partial charge in [-0.05, 0) is 12.5 Å². The van der Waals surface area contributed by atoms with E-state index in [4.69, 9.17) is 5.84 Å². The molecule has 0 saturated heterocycles. The fraction of sp³-hybridized carbons (Fsp3) is 0.500. The van der Waals surface area contributed by atoms with E-state index in [1.54, 1.807) is 0 Å². The Morgan fingerprint density at radius 3 is 2.78 bits per heavy atom. The Balaban J connectivity index is 2.67. The number of nitrogens with two attached hydrogens (primary N) is 1. The number of H-pyrrole nitrogens is 1. The van der Waals surface area contributed by atoms with Crippen molar-refractivity contribution >= 4 is 15.9 Å². The number of rotatable bonds is 7. The van der Waals surface area contributed by atoms with E-state index < -0.39 is 15.9 Å². The molecule has 1 aromatic heterocycles. The van der Waals surface area contributed by atoms with E-state index in [1.807, 2.05) is 12.3 Å². The van der Waals surface area contributed by atoms with Gasteiger partial charge in [-0.15, -0.1) is 0 Å². The van der Waals surface area contributed by atoms with Crippen LogP contribution in [0.2, 0.25) is 0 Å². The molecule has 1 aromatic rings. The lowest BCUT2D eigenvalue weighted by Crippen LogP contribution is -2.30. The highest BCUT2D eigenvalue weighted by atomic mass is 32.2. The minimum atomic E-state index is -3.56. The third kappa shape index (κ3) is 3.83. The largest absolute Gasteiger partial charge is 0.356 e. The van der Waals surface area contributed by atoms with Crippen molar-refractivity contribution in [3.05, 3.63) is 18.0 Å². The van der Waals surface area contributed by atoms with Crippen LogP contribution in [0, 0.1) is 0 Å². The maximum Gasteiger partial charge on any atom is 0.281 e. The summed E-state index contributed by atoms with van der Waals surface area (Å²) in [6, 6.07) is 1.24. The van der Waals surface area contributed by atoms with Crippen molar-refractivity contribution in [2.24, 2.45) is 5.84 Å². The number of hydrogen-bond acceptors (Lipinski definition) is 4. The molecule has 0 unspecified atom stereocenters. The van der Waals surface area contributed by atoms with Gasteiger partial charge < -0.3 is 4.98 Å². The summed E-state index contributed by atoms with van der Waals surface area (Å²) < 4.78 is 26.1. The molecule has 8 heteroatoms. The van der Waals surface area contributed by atoms with Gasteiger partial charge in [-0.3, -0.25) is 10.2 Å². The quantitative estimate of drug-likeness (QED) is 0.244. The summed E-state index contributed by atoms with van der Waals surface area (Å²) in [5, 5.41) is 0. The van der Waals surface area contributed by atoms with Gasteiger partial charge in [0, 0.05) is 12.7 Å². The average Bonchev–Trinajstić information content (AvgIpc) is 2.84. The molecule has 0 fully saturated rings. The van der Waals surface area contributed by atoms with Crippen LogP contribution in [0.25, 0.3) is 0 Å². The Morgan fingerprint density at radius 1 is 1.44 bits per heavy atom. The Kier molecular flexibility index (Phi) is 5.32. The number of hydrazine groups is 1. The van der Waals surface area contributed by atoms with Gasteiger partial charge in [-0.1, -0.05) is 19.8 Å². The molecule has 5 N–H and O–H groups in total. The van der Waals surface area contributed by atoms with Crippen LogP contribution in [0.3, 0.4) is 0 Å². The average molecular weight is 274 g/mol. The molecular formula is C10H18N4O3S. The van der Waals surface area contributed by atoms with E-state index in [2.05, 4.69) is 9.71 Å². The molecule has 0 aromatic carbocycles. The van der Waals surface area contributed by atoms with Crippen molar-refractivity contribution in [1.82, 2.24) is 15.1 Å². The second-order valence-electron chi connectivity index (χ2n) is 3.83. The van der Waals surface area contributed by atoms with Gasteiger partial charge in [0.1, 0.15) is 10.6 Å². The smallest absolute Gasteiger partial charge is 0.281 e. The Morgan fingerprint density at radius 2 is 2.17 bits per heavy atom. The maximum atomic E-state index is 11.8. The standard InChI is InChI=1S/C10H18N4O3S/c1-2-3-4-5-13-18(16,17)8-6-9(12-7-8)10(15)14-11/h6-7,12-13H,2-5,11H2,1H3,(H,14,15). The molecule has 0 spiro atoms. The molecular weight excluding hydrogens is 256 g/mol. The maximum absolute atomic E-state index is 11.8. The van der Waals surface area contributed by atoms with Crippen LogP contribution >= 0.6 is 0 Å². The number of nitrogen functional groups attached to an aromatic ring is 1. The highest BCUT2D eigenvalue weighted by Gasteiger charge is 2.17. The molecule has 1 amide bonds. The minimum Gasteiger partial charge on any atom is -0.356 e. The number of aromatic nitrogens is 1. The number of hydrogen-bond donors (Lipinski definition) is 4. The summed E-state index contributed by atoms with van der Waals surface area (Å²) in [5.74, 6) is 4.38. The van der Waals surface area contributed by atoms with Crippen molar-refractivity contribution in [3.63, 3.8) is 0 Å². The van der Waals surface area contributed by atoms with Crippen molar-refractivity contribution in [1.29, 1.82) is 0 Å². The van der Waals surface area contributed by atoms with Crippen molar-refractivity contribution in [2.45, 2.75) is 31.1 Å². The van der Waals surface area contributed by atoms with E-state index in [0.717, 1.165) is 19.3 Å². The first kappa shape index (κ1) is 14.7. The summed E-state index contributed by atoms with van der Waals surface area (Å²) in [5.41, 5.74) is 2.02. The van der Waals surface area contributed by atoms with Crippen molar-refractivity contribution in [3.8, 4) is 0 Å². The van der Waals surface area contributed by atoms with E-state index in [1.165, 1.54) is 12.3 Å². The zero-order valence-electron chi connectivity index (χ0n) is 10.2. The topological polar surface area (TPSA) is 117 Å². The lowest BCUT2D eigenvalue weighted by Gasteiger charge is -2.03. The van der Waals surface area contributed by atoms with Crippen molar-refractivity contribution in [2.75, 3.05) is 6.54 Å². The highest BCUT2D eigenvalue weighted by Crippen LogP contribution is 2.10. The van der Waals surface area contributed by atoms with E-state index in [9.17, 15) is 13.2 Å². The summed E-state index contributed by atoms with van der Waals surface area (Å²) in [6.07, 6.45) is 4.03. The number of amides is 1. The fourth-order valence-corrected chi connectivity index (χ4v) is 2.47. The summed E-state index contributed by atoms with van der Waals surface area (Å²) in [7, 11) is -3.56. The van der Waals surface area contributed by atoms with E-state index >= 15 is 0 Å². The predicted molar refractivity (Wildman–Crippen MR) is 67.2 cm³/mol. The molecule has 1 heterocycles. The first-order chi connectivity index (χ1) is 8.51. The summed E-state index contributed by atoms with van der Waals surface area (Å²) >= 11 is 0. The number of unbranched alkanes of at least 4 members (excludes halogenated alkanes) is 2. The predicted octanol–water partition coefficient (Wildman–Crippen LogP) is 0.0867. The van der Waals surface area contributed by atoms with Gasteiger partial charge in [0.2, 0.25) is 10.0 Å². The first-order valence-electron chi connectivity index (χ1n) is 5.70. The summed E-state index contributed by atoms with van der Waals surface area (Å²) in [6.45, 7) is 2.43. The first-order valence-corrected chi connectivity index (χ1v) is 7.18. The van der Waals surface area contributed by atoms with Crippen LogP contribution in [0.5, 0.6) is 0 Å². The number of carbonyl (C=O) groups excluding carboxylic acids is 1. The molecule has 102 valence electrons. The van der Waals surface area contributed by atoms with Gasteiger partial charge in [-0.25, -0.2) is 19.0 Å². The Hall–Kier alpha value is -1.38. The highest BCUT2D eigenvalue weighted by molar-refractivity contribution is 7.89. The third-order valence-electron chi connectivity index (χ3n) is 2.41. The second kappa shape index (κ2) is 6.53. The van der Waals surface area contributed by atoms with Crippen LogP contribution in [0.1, 0.15) is 36.7 Å². The number of sulfonamides is 1. The van der Waals surface area contributed by atoms with E-state index in [-0.39, 0.29) is 10.6 Å². The molecule has 0 atom stereocenters. The van der Waals surface area contributed by atoms with Crippen LogP contribution in [0.15, 0.2) is 17.2 Å². The Labute approximate surface area is 106 Å². The molecule has 7 nitrogen and oxygen atoms in total. The summed E-state index contributed by atoms with van der Waals surface area (Å²) in [4.78, 5) is 13.7. The van der Waals surface area contributed by atoms with E-state index in [0.29, 0.717) is 6.54 Å². The third-order valence-corrected chi connectivity index (χ3v) is 3.86. The zero-order chi connectivity index (χ0) is 13.6. The Bertz CT molecular complexity index is 495. The second-order valence-corrected chi connectivity index (χ2v) is 5.59. The lowest BCUT2D eigenvalue weighted by atomic mass is 10.3. The fourth-order valence-electron chi connectivity index (χ4n) is 1.40. The molecule has 0 saturated carbocycles. The normalized spacial score (nSPS) is 11.4. The molecule has 0 aliphatic heterocycles. The molecule has 0 bridgehead atoms. The van der Waals surface area contributed by atoms with Crippen molar-refractivity contribution < 1.29 is 13.2 Å². The van der Waals surface area contributed by atoms with Gasteiger partial charge in [0.25, 0.3) is 5.91 Å². The van der Waals surface area contributed by atoms with Crippen LogP contribution in [-0.2, 0) is 10.0 Å². The van der Waals surface area contributed by atoms with Gasteiger partial charge in [-0.2, -0.15) is 0 Å². The number of aromatic amines is 1. The molecule has 0 aliphatic carbocycles. The SMILES string of the molecule is CCCCCNS(=O)(=O)c1c[nH]c(C(=O)NN)c1. The molecule has 0 aliphatic rings. The van der Waals surface area contributed by atoms with Crippen LogP contribution in [-0.4, -0.2) is 25.9 Å². The van der Waals surface area contributed by atoms with Gasteiger partial charge in [0.05, 0.1) is 0 Å². The molecule has 18 heavy (non-hydrogen) atoms. The van der Waals surface area contributed by atoms with Crippen LogP contribution < -0.4 is 16.0 Å². The minimum absolute atomic E-state index is 0.0256. The van der Waals surface area contributed by atoms with Crippen LogP contribution in [0.4, 0.5) is 0 Å². The molecule has 1 rings (SSSR count). The zero-order valence-corrected chi connectivity index (χ0v) is 11.0. The molecule has 0 radical (unpaired) electrons. The monoisotopic (exact) mass is 274 g/mol. The lowest BCUT2D eigenvalue weighted by molar-refractivity contribution is 0.0949.